The number of ketones is 2. The molecule has 0 saturated carbocycles. The van der Waals surface area contributed by atoms with E-state index >= 15 is 0 Å². The fourth-order valence-electron chi connectivity index (χ4n) is 6.53. The van der Waals surface area contributed by atoms with Gasteiger partial charge in [0.1, 0.15) is 47.4 Å². The third kappa shape index (κ3) is 15.0. The van der Waals surface area contributed by atoms with Crippen LogP contribution in [0, 0.1) is 23.6 Å². The topological polar surface area (TPSA) is 201 Å². The van der Waals surface area contributed by atoms with Crippen molar-refractivity contribution < 1.29 is 52.6 Å². The molecule has 0 aromatic heterocycles. The lowest BCUT2D eigenvalue weighted by atomic mass is 9.86. The average Bonchev–Trinajstić information content (AvgIpc) is 3.18. The van der Waals surface area contributed by atoms with Crippen LogP contribution in [0.25, 0.3) is 0 Å². The number of halogens is 1. The van der Waals surface area contributed by atoms with Gasteiger partial charge in [0.05, 0.1) is 13.0 Å². The maximum Gasteiger partial charge on any atom is 0.325 e. The summed E-state index contributed by atoms with van der Waals surface area (Å²) in [5.74, 6) is -7.46. The van der Waals surface area contributed by atoms with Crippen LogP contribution < -0.4 is 16.1 Å². The fraction of sp³-hybridized carbons (Fsp3) is 0.512. The molecular formula is C43H58FN5O10. The van der Waals surface area contributed by atoms with Crippen LogP contribution in [0.1, 0.15) is 78.7 Å². The van der Waals surface area contributed by atoms with E-state index in [4.69, 9.17) is 9.57 Å². The van der Waals surface area contributed by atoms with Gasteiger partial charge in [0, 0.05) is 50.9 Å². The van der Waals surface area contributed by atoms with Gasteiger partial charge in [-0.15, -0.1) is 0 Å². The number of esters is 1. The van der Waals surface area contributed by atoms with Crippen LogP contribution in [0.2, 0.25) is 0 Å². The standard InChI is InChI=1S/C43H58FN5O10/c1-26(2)38-41(55)45-35(24-30-22-31(44)25-32(51)23-30)42(56)49-21-13-16-34(47-49)43(57)59-36(27(3)15-12-18-37(52)48(6)58-7)17-11-9-8-10-14-28(4)39(53)33(40(54)46-38)20-19-29(5)50/h8-12,15,18,22-23,25-26,28,33-36,38,47,51H,13-14,16-17,19-21,24H2,1-7H3,(H,45,55)(H,46,54)/t28-,33?,34?,35-,36-,38-/m0/s1. The maximum absolute atomic E-state index is 14.4. The lowest BCUT2D eigenvalue weighted by molar-refractivity contribution is -0.162. The van der Waals surface area contributed by atoms with Crippen molar-refractivity contribution in [2.75, 3.05) is 20.7 Å². The van der Waals surface area contributed by atoms with Crippen molar-refractivity contribution in [3.05, 3.63) is 77.7 Å². The minimum atomic E-state index is -1.38. The Morgan fingerprint density at radius 2 is 1.75 bits per heavy atom. The van der Waals surface area contributed by atoms with E-state index in [0.717, 1.165) is 17.2 Å². The third-order valence-corrected chi connectivity index (χ3v) is 10.1. The van der Waals surface area contributed by atoms with Gasteiger partial charge in [-0.1, -0.05) is 57.2 Å². The number of nitrogens with one attached hydrogen (secondary N) is 3. The smallest absolute Gasteiger partial charge is 0.325 e. The Morgan fingerprint density at radius 3 is 2.39 bits per heavy atom. The number of hydrogen-bond donors (Lipinski definition) is 4. The molecule has 2 aliphatic rings. The number of allylic oxidation sites excluding steroid dienone is 5. The second kappa shape index (κ2) is 23.2. The first-order valence-corrected chi connectivity index (χ1v) is 19.8. The highest BCUT2D eigenvalue weighted by Gasteiger charge is 2.37. The maximum atomic E-state index is 14.4. The molecule has 2 bridgehead atoms. The Morgan fingerprint density at radius 1 is 1.05 bits per heavy atom. The van der Waals surface area contributed by atoms with Crippen molar-refractivity contribution in [2.45, 2.75) is 104 Å². The Hall–Kier alpha value is -5.48. The van der Waals surface area contributed by atoms with E-state index in [2.05, 4.69) is 16.1 Å². The molecule has 1 fully saturated rings. The molecule has 4 amide bonds. The number of carbonyl (C=O) groups excluding carboxylic acids is 7. The first-order valence-electron chi connectivity index (χ1n) is 19.8. The van der Waals surface area contributed by atoms with Crippen LogP contribution in [0.15, 0.2) is 66.3 Å². The monoisotopic (exact) mass is 823 g/mol. The predicted molar refractivity (Wildman–Crippen MR) is 216 cm³/mol. The van der Waals surface area contributed by atoms with Gasteiger partial charge in [-0.2, -0.15) is 0 Å². The second-order valence-electron chi connectivity index (χ2n) is 15.3. The number of cyclic esters (lactones) is 1. The molecule has 0 spiro atoms. The number of benzene rings is 1. The molecule has 322 valence electrons. The number of nitrogens with zero attached hydrogens (tertiary/aromatic N) is 2. The number of likely N-dealkylation sites (N-methyl/N-ethyl adjacent to an activating group) is 1. The molecule has 0 aliphatic carbocycles. The fourth-order valence-corrected chi connectivity index (χ4v) is 6.53. The number of hydrazine groups is 1. The number of Topliss-reactive ketones (excluding diaryl/α,β-unsaturated/α-hetero) is 2. The van der Waals surface area contributed by atoms with Crippen molar-refractivity contribution in [1.29, 1.82) is 0 Å². The molecule has 4 N–H and O–H groups in total. The molecular weight excluding hydrogens is 765 g/mol. The number of amides is 4. The lowest BCUT2D eigenvalue weighted by Crippen LogP contribution is -2.62. The van der Waals surface area contributed by atoms with Gasteiger partial charge in [-0.3, -0.25) is 38.6 Å². The summed E-state index contributed by atoms with van der Waals surface area (Å²) in [5.41, 5.74) is 3.72. The lowest BCUT2D eigenvalue weighted by Gasteiger charge is -2.36. The second-order valence-corrected chi connectivity index (χ2v) is 15.3. The van der Waals surface area contributed by atoms with Gasteiger partial charge in [-0.25, -0.2) is 14.9 Å². The number of rotatable bonds is 10. The van der Waals surface area contributed by atoms with Gasteiger partial charge in [0.15, 0.2) is 0 Å². The zero-order chi connectivity index (χ0) is 43.8. The van der Waals surface area contributed by atoms with Crippen molar-refractivity contribution in [3.63, 3.8) is 0 Å². The minimum Gasteiger partial charge on any atom is -0.508 e. The molecule has 2 unspecified atom stereocenters. The largest absolute Gasteiger partial charge is 0.508 e. The van der Waals surface area contributed by atoms with Crippen LogP contribution in [0.5, 0.6) is 5.75 Å². The highest BCUT2D eigenvalue weighted by atomic mass is 19.1. The van der Waals surface area contributed by atoms with Crippen LogP contribution in [0.3, 0.4) is 0 Å². The first-order chi connectivity index (χ1) is 27.9. The Kier molecular flexibility index (Phi) is 18.8. The SMILES string of the molecule is CON(C)C(=O)C=CC=C(C)[C@@H]1CC=CC=CC[C@H](C)C(=O)C(CCC(C)=O)C(=O)N[C@@H](C(C)C)C(=O)N[C@@H](Cc2cc(O)cc(F)c2)C(=O)N2CCCC(N2)C(=O)O1. The molecule has 1 aromatic carbocycles. The van der Waals surface area contributed by atoms with Gasteiger partial charge in [-0.05, 0) is 68.7 Å². The number of ether oxygens (including phenoxy) is 1. The van der Waals surface area contributed by atoms with Gasteiger partial charge < -0.3 is 25.3 Å². The molecule has 15 nitrogen and oxygen atoms in total. The molecule has 6 atom stereocenters. The zero-order valence-corrected chi connectivity index (χ0v) is 34.9. The quantitative estimate of drug-likeness (QED) is 0.0882. The summed E-state index contributed by atoms with van der Waals surface area (Å²) in [4.78, 5) is 98.7. The van der Waals surface area contributed by atoms with Crippen molar-refractivity contribution >= 4 is 41.2 Å². The molecule has 2 heterocycles. The van der Waals surface area contributed by atoms with E-state index in [9.17, 15) is 43.1 Å². The van der Waals surface area contributed by atoms with Crippen molar-refractivity contribution in [3.8, 4) is 5.75 Å². The van der Waals surface area contributed by atoms with E-state index < -0.39 is 88.9 Å². The van der Waals surface area contributed by atoms with Crippen molar-refractivity contribution in [1.82, 2.24) is 26.1 Å². The zero-order valence-electron chi connectivity index (χ0n) is 34.9. The summed E-state index contributed by atoms with van der Waals surface area (Å²) in [6.07, 6.45) is 11.4. The summed E-state index contributed by atoms with van der Waals surface area (Å²) in [6.45, 7) is 8.25. The normalized spacial score (nSPS) is 24.6. The Labute approximate surface area is 345 Å². The van der Waals surface area contributed by atoms with Gasteiger partial charge in [0.2, 0.25) is 11.8 Å². The minimum absolute atomic E-state index is 0.0372. The van der Waals surface area contributed by atoms with E-state index in [1.807, 2.05) is 0 Å². The molecule has 16 heteroatoms. The molecule has 2 aliphatic heterocycles. The van der Waals surface area contributed by atoms with E-state index in [1.54, 1.807) is 58.1 Å². The number of carbonyl (C=O) groups is 7. The molecule has 59 heavy (non-hydrogen) atoms. The molecule has 3 rings (SSSR count). The van der Waals surface area contributed by atoms with Crippen LogP contribution in [-0.4, -0.2) is 101 Å². The van der Waals surface area contributed by atoms with Gasteiger partial charge in [0.25, 0.3) is 11.8 Å². The van der Waals surface area contributed by atoms with Crippen LogP contribution in [0.4, 0.5) is 4.39 Å². The Balaban J connectivity index is 2.07. The molecule has 0 radical (unpaired) electrons. The summed E-state index contributed by atoms with van der Waals surface area (Å²) < 4.78 is 20.4. The summed E-state index contributed by atoms with van der Waals surface area (Å²) in [7, 11) is 2.81. The van der Waals surface area contributed by atoms with E-state index in [0.29, 0.717) is 18.4 Å². The number of aromatic hydroxyl groups is 1. The highest BCUT2D eigenvalue weighted by molar-refractivity contribution is 6.04. The third-order valence-electron chi connectivity index (χ3n) is 10.1. The predicted octanol–water partition coefficient (Wildman–Crippen LogP) is 3.73. The molecule has 1 aromatic rings. The highest BCUT2D eigenvalue weighted by Crippen LogP contribution is 2.22. The van der Waals surface area contributed by atoms with E-state index in [-0.39, 0.29) is 50.0 Å². The number of phenolic OH excluding ortho intramolecular Hbond substituents is 1. The number of phenols is 1. The summed E-state index contributed by atoms with van der Waals surface area (Å²) >= 11 is 0. The average molecular weight is 824 g/mol. The number of fused-ring (bicyclic) bond motifs is 2. The van der Waals surface area contributed by atoms with Crippen molar-refractivity contribution in [2.24, 2.45) is 17.8 Å². The first kappa shape index (κ1) is 47.9. The number of hydroxylamine groups is 2. The van der Waals surface area contributed by atoms with Crippen LogP contribution >= 0.6 is 0 Å². The summed E-state index contributed by atoms with van der Waals surface area (Å²) in [5, 5.41) is 17.7. The van der Waals surface area contributed by atoms with Gasteiger partial charge >= 0.3 is 5.97 Å². The Bertz CT molecular complexity index is 1800. The summed E-state index contributed by atoms with van der Waals surface area (Å²) in [6, 6.07) is -0.323. The van der Waals surface area contributed by atoms with E-state index in [1.165, 1.54) is 44.3 Å². The number of hydrogen-bond acceptors (Lipinski definition) is 11. The van der Waals surface area contributed by atoms with Crippen LogP contribution in [-0.2, 0) is 49.6 Å². The molecule has 1 saturated heterocycles.